The van der Waals surface area contributed by atoms with Crippen LogP contribution in [-0.4, -0.2) is 17.9 Å². The molecule has 0 heterocycles. The number of halogens is 2. The minimum Gasteiger partial charge on any atom is -0.339 e. The van der Waals surface area contributed by atoms with Gasteiger partial charge >= 0.3 is 0 Å². The predicted molar refractivity (Wildman–Crippen MR) is 84.8 cm³/mol. The highest BCUT2D eigenvalue weighted by atomic mass is 19.1. The van der Waals surface area contributed by atoms with Crippen molar-refractivity contribution < 1.29 is 13.6 Å². The van der Waals surface area contributed by atoms with Crippen molar-refractivity contribution in [3.05, 3.63) is 71.3 Å². The van der Waals surface area contributed by atoms with E-state index >= 15 is 0 Å². The van der Waals surface area contributed by atoms with E-state index in [2.05, 4.69) is 0 Å². The van der Waals surface area contributed by atoms with Crippen LogP contribution in [0.3, 0.4) is 0 Å². The Morgan fingerprint density at radius 2 is 1.57 bits per heavy atom. The van der Waals surface area contributed by atoms with Gasteiger partial charge in [-0.15, -0.1) is 0 Å². The molecule has 4 heteroatoms. The molecule has 0 spiro atoms. The first kappa shape index (κ1) is 15.7. The molecule has 1 fully saturated rings. The summed E-state index contributed by atoms with van der Waals surface area (Å²) in [7, 11) is 1.77. The van der Waals surface area contributed by atoms with Crippen molar-refractivity contribution in [1.82, 2.24) is 4.90 Å². The molecule has 1 amide bonds. The van der Waals surface area contributed by atoms with Crippen LogP contribution in [0.2, 0.25) is 0 Å². The molecule has 1 aliphatic rings. The molecule has 2 aromatic carbocycles. The SMILES string of the molecule is CC(c1ccc(F)cc1)N(C)C(=O)C1CC1c1ccc(F)cc1. The molecule has 2 nitrogen and oxygen atoms in total. The molecule has 0 aliphatic heterocycles. The van der Waals surface area contributed by atoms with Crippen molar-refractivity contribution in [2.24, 2.45) is 5.92 Å². The average molecular weight is 315 g/mol. The van der Waals surface area contributed by atoms with Gasteiger partial charge in [-0.2, -0.15) is 0 Å². The van der Waals surface area contributed by atoms with E-state index in [0.29, 0.717) is 0 Å². The van der Waals surface area contributed by atoms with Gasteiger partial charge in [0.25, 0.3) is 0 Å². The number of benzene rings is 2. The van der Waals surface area contributed by atoms with Gasteiger partial charge in [-0.05, 0) is 54.7 Å². The summed E-state index contributed by atoms with van der Waals surface area (Å²) in [5.41, 5.74) is 1.91. The van der Waals surface area contributed by atoms with Crippen molar-refractivity contribution in [2.45, 2.75) is 25.3 Å². The zero-order valence-electron chi connectivity index (χ0n) is 13.2. The number of nitrogens with zero attached hydrogens (tertiary/aromatic N) is 1. The molecule has 120 valence electrons. The zero-order valence-corrected chi connectivity index (χ0v) is 13.2. The third-order valence-corrected chi connectivity index (χ3v) is 4.69. The van der Waals surface area contributed by atoms with Gasteiger partial charge in [0.1, 0.15) is 11.6 Å². The monoisotopic (exact) mass is 315 g/mol. The lowest BCUT2D eigenvalue weighted by Gasteiger charge is -2.25. The van der Waals surface area contributed by atoms with E-state index in [4.69, 9.17) is 0 Å². The van der Waals surface area contributed by atoms with Gasteiger partial charge in [-0.1, -0.05) is 24.3 Å². The molecule has 0 saturated heterocycles. The molecule has 23 heavy (non-hydrogen) atoms. The van der Waals surface area contributed by atoms with E-state index < -0.39 is 0 Å². The number of hydrogen-bond donors (Lipinski definition) is 0. The molecule has 3 unspecified atom stereocenters. The highest BCUT2D eigenvalue weighted by Crippen LogP contribution is 2.49. The van der Waals surface area contributed by atoms with Gasteiger partial charge in [0.05, 0.1) is 6.04 Å². The van der Waals surface area contributed by atoms with Crippen molar-refractivity contribution in [1.29, 1.82) is 0 Å². The molecule has 3 rings (SSSR count). The van der Waals surface area contributed by atoms with Crippen LogP contribution in [0.25, 0.3) is 0 Å². The molecule has 1 saturated carbocycles. The topological polar surface area (TPSA) is 20.3 Å². The molecule has 0 radical (unpaired) electrons. The number of amides is 1. The molecular weight excluding hydrogens is 296 g/mol. The van der Waals surface area contributed by atoms with E-state index in [-0.39, 0.29) is 35.4 Å². The Labute approximate surface area is 134 Å². The predicted octanol–water partition coefficient (Wildman–Crippen LogP) is 4.29. The number of hydrogen-bond acceptors (Lipinski definition) is 1. The smallest absolute Gasteiger partial charge is 0.226 e. The lowest BCUT2D eigenvalue weighted by molar-refractivity contribution is -0.133. The largest absolute Gasteiger partial charge is 0.339 e. The summed E-state index contributed by atoms with van der Waals surface area (Å²) < 4.78 is 26.0. The second kappa shape index (κ2) is 6.11. The van der Waals surface area contributed by atoms with Crippen LogP contribution >= 0.6 is 0 Å². The summed E-state index contributed by atoms with van der Waals surface area (Å²) in [6.07, 6.45) is 0.797. The third kappa shape index (κ3) is 3.26. The number of rotatable bonds is 4. The number of carbonyl (C=O) groups is 1. The maximum atomic E-state index is 13.0. The van der Waals surface area contributed by atoms with Crippen LogP contribution in [0, 0.1) is 17.6 Å². The van der Waals surface area contributed by atoms with Gasteiger partial charge in [0.15, 0.2) is 0 Å². The van der Waals surface area contributed by atoms with Crippen LogP contribution in [-0.2, 0) is 4.79 Å². The minimum absolute atomic E-state index is 0.0478. The Morgan fingerprint density at radius 1 is 1.04 bits per heavy atom. The van der Waals surface area contributed by atoms with Crippen LogP contribution in [0.15, 0.2) is 48.5 Å². The standard InChI is InChI=1S/C19H19F2NO/c1-12(13-3-7-15(20)8-4-13)22(2)19(23)18-11-17(18)14-5-9-16(21)10-6-14/h3-10,12,17-18H,11H2,1-2H3. The van der Waals surface area contributed by atoms with Crippen molar-refractivity contribution in [2.75, 3.05) is 7.05 Å². The van der Waals surface area contributed by atoms with Gasteiger partial charge in [0.2, 0.25) is 5.91 Å². The first-order chi connectivity index (χ1) is 11.0. The van der Waals surface area contributed by atoms with Crippen LogP contribution in [0.1, 0.15) is 36.4 Å². The first-order valence-electron chi connectivity index (χ1n) is 7.75. The third-order valence-electron chi connectivity index (χ3n) is 4.69. The Kier molecular flexibility index (Phi) is 4.16. The Hall–Kier alpha value is -2.23. The maximum Gasteiger partial charge on any atom is 0.226 e. The normalized spacial score (nSPS) is 20.9. The Morgan fingerprint density at radius 3 is 2.13 bits per heavy atom. The van der Waals surface area contributed by atoms with E-state index in [0.717, 1.165) is 17.5 Å². The summed E-state index contributed by atoms with van der Waals surface area (Å²) in [6, 6.07) is 12.5. The van der Waals surface area contributed by atoms with Gasteiger partial charge in [0, 0.05) is 13.0 Å². The van der Waals surface area contributed by atoms with Crippen molar-refractivity contribution in [3.8, 4) is 0 Å². The highest BCUT2D eigenvalue weighted by Gasteiger charge is 2.45. The lowest BCUT2D eigenvalue weighted by atomic mass is 10.1. The molecular formula is C19H19F2NO. The van der Waals surface area contributed by atoms with Gasteiger partial charge in [-0.3, -0.25) is 4.79 Å². The Bertz CT molecular complexity index is 696. The fourth-order valence-electron chi connectivity index (χ4n) is 2.96. The molecule has 0 aromatic heterocycles. The number of carbonyl (C=O) groups excluding carboxylic acids is 1. The van der Waals surface area contributed by atoms with E-state index in [1.807, 2.05) is 6.92 Å². The summed E-state index contributed by atoms with van der Waals surface area (Å²) in [4.78, 5) is 14.3. The zero-order chi connectivity index (χ0) is 16.6. The van der Waals surface area contributed by atoms with Gasteiger partial charge in [-0.25, -0.2) is 8.78 Å². The molecule has 2 aromatic rings. The second-order valence-electron chi connectivity index (χ2n) is 6.18. The molecule has 0 bridgehead atoms. The van der Waals surface area contributed by atoms with Gasteiger partial charge < -0.3 is 4.90 Å². The summed E-state index contributed by atoms with van der Waals surface area (Å²) in [5.74, 6) is -0.344. The Balaban J connectivity index is 1.66. The summed E-state index contributed by atoms with van der Waals surface area (Å²) in [6.45, 7) is 1.93. The van der Waals surface area contributed by atoms with Crippen molar-refractivity contribution in [3.63, 3.8) is 0 Å². The summed E-state index contributed by atoms with van der Waals surface area (Å²) >= 11 is 0. The molecule has 0 N–H and O–H groups in total. The first-order valence-corrected chi connectivity index (χ1v) is 7.75. The average Bonchev–Trinajstić information content (AvgIpc) is 3.35. The van der Waals surface area contributed by atoms with Crippen LogP contribution in [0.5, 0.6) is 0 Å². The molecule has 3 atom stereocenters. The summed E-state index contributed by atoms with van der Waals surface area (Å²) in [5, 5.41) is 0. The van der Waals surface area contributed by atoms with Crippen molar-refractivity contribution >= 4 is 5.91 Å². The maximum absolute atomic E-state index is 13.0. The fraction of sp³-hybridized carbons (Fsp3) is 0.316. The quantitative estimate of drug-likeness (QED) is 0.824. The van der Waals surface area contributed by atoms with Crippen LogP contribution < -0.4 is 0 Å². The van der Waals surface area contributed by atoms with E-state index in [1.54, 1.807) is 36.2 Å². The van der Waals surface area contributed by atoms with E-state index in [1.165, 1.54) is 24.3 Å². The second-order valence-corrected chi connectivity index (χ2v) is 6.18. The fourth-order valence-corrected chi connectivity index (χ4v) is 2.96. The minimum atomic E-state index is -0.284. The highest BCUT2D eigenvalue weighted by molar-refractivity contribution is 5.83. The molecule has 1 aliphatic carbocycles. The van der Waals surface area contributed by atoms with Crippen LogP contribution in [0.4, 0.5) is 8.78 Å². The van der Waals surface area contributed by atoms with E-state index in [9.17, 15) is 13.6 Å². The lowest BCUT2D eigenvalue weighted by Crippen LogP contribution is -2.31.